The number of carbonyl (C=O) groups excluding carboxylic acids is 1. The predicted molar refractivity (Wildman–Crippen MR) is 95.5 cm³/mol. The lowest BCUT2D eigenvalue weighted by Gasteiger charge is -2.16. The van der Waals surface area contributed by atoms with Gasteiger partial charge in [0, 0.05) is 5.39 Å². The van der Waals surface area contributed by atoms with Gasteiger partial charge in [-0.25, -0.2) is 4.39 Å². The van der Waals surface area contributed by atoms with E-state index >= 15 is 0 Å². The van der Waals surface area contributed by atoms with E-state index in [1.807, 2.05) is 0 Å². The topological polar surface area (TPSA) is 73.2 Å². The lowest BCUT2D eigenvalue weighted by Crippen LogP contribution is -2.31. The van der Waals surface area contributed by atoms with E-state index in [-0.39, 0.29) is 23.6 Å². The number of nitrogens with zero attached hydrogens (tertiary/aromatic N) is 2. The SMILES string of the molecule is COc1ccc([C@H](C)NC(=O)Cn2ncc(=O)c3ccccc32)cc1F. The molecular formula is C19H18FN3O3. The number of aromatic nitrogens is 2. The molecule has 134 valence electrons. The largest absolute Gasteiger partial charge is 0.494 e. The maximum Gasteiger partial charge on any atom is 0.242 e. The van der Waals surface area contributed by atoms with Crippen molar-refractivity contribution < 1.29 is 13.9 Å². The van der Waals surface area contributed by atoms with Crippen molar-refractivity contribution in [3.63, 3.8) is 0 Å². The average molecular weight is 355 g/mol. The van der Waals surface area contributed by atoms with Crippen molar-refractivity contribution in [2.75, 3.05) is 7.11 Å². The third kappa shape index (κ3) is 3.56. The standard InChI is InChI=1S/C19H18FN3O3/c1-12(13-7-8-18(26-2)15(20)9-13)22-19(25)11-23-16-6-4-3-5-14(16)17(24)10-21-23/h3-10,12H,11H2,1-2H3,(H,22,25)/t12-/m0/s1. The number of benzene rings is 2. The van der Waals surface area contributed by atoms with Crippen LogP contribution in [0.5, 0.6) is 5.75 Å². The maximum atomic E-state index is 13.8. The molecule has 1 N–H and O–H groups in total. The number of nitrogens with one attached hydrogen (secondary N) is 1. The summed E-state index contributed by atoms with van der Waals surface area (Å²) in [6, 6.07) is 11.1. The first kappa shape index (κ1) is 17.6. The molecule has 0 aliphatic rings. The fraction of sp³-hybridized carbons (Fsp3) is 0.211. The summed E-state index contributed by atoms with van der Waals surface area (Å²) in [4.78, 5) is 24.2. The fourth-order valence-electron chi connectivity index (χ4n) is 2.75. The molecule has 0 unspecified atom stereocenters. The normalized spacial score (nSPS) is 12.0. The molecular weight excluding hydrogens is 337 g/mol. The molecule has 1 amide bonds. The van der Waals surface area contributed by atoms with Crippen LogP contribution < -0.4 is 15.5 Å². The third-order valence-electron chi connectivity index (χ3n) is 4.11. The summed E-state index contributed by atoms with van der Waals surface area (Å²) in [5.74, 6) is -0.634. The van der Waals surface area contributed by atoms with E-state index in [1.54, 1.807) is 37.3 Å². The molecule has 0 bridgehead atoms. The Balaban J connectivity index is 1.76. The highest BCUT2D eigenvalue weighted by Gasteiger charge is 2.14. The van der Waals surface area contributed by atoms with Crippen molar-refractivity contribution in [2.45, 2.75) is 19.5 Å². The summed E-state index contributed by atoms with van der Waals surface area (Å²) < 4.78 is 20.2. The van der Waals surface area contributed by atoms with Crippen molar-refractivity contribution in [3.05, 3.63) is 70.3 Å². The number of carbonyl (C=O) groups is 1. The Labute approximate surface area is 149 Å². The van der Waals surface area contributed by atoms with Gasteiger partial charge in [0.2, 0.25) is 11.3 Å². The second kappa shape index (κ2) is 7.35. The number of rotatable bonds is 5. The molecule has 6 nitrogen and oxygen atoms in total. The lowest BCUT2D eigenvalue weighted by atomic mass is 10.1. The molecule has 0 spiro atoms. The number of fused-ring (bicyclic) bond motifs is 1. The first-order chi connectivity index (χ1) is 12.5. The van der Waals surface area contributed by atoms with E-state index in [1.165, 1.54) is 30.1 Å². The average Bonchev–Trinajstić information content (AvgIpc) is 2.64. The summed E-state index contributed by atoms with van der Waals surface area (Å²) in [5.41, 5.74) is 1.01. The molecule has 0 saturated heterocycles. The molecule has 0 aliphatic carbocycles. The van der Waals surface area contributed by atoms with Crippen LogP contribution in [-0.2, 0) is 11.3 Å². The van der Waals surface area contributed by atoms with Gasteiger partial charge in [-0.2, -0.15) is 5.10 Å². The minimum Gasteiger partial charge on any atom is -0.494 e. The highest BCUT2D eigenvalue weighted by molar-refractivity contribution is 5.81. The first-order valence-corrected chi connectivity index (χ1v) is 8.07. The van der Waals surface area contributed by atoms with E-state index in [9.17, 15) is 14.0 Å². The summed E-state index contributed by atoms with van der Waals surface area (Å²) in [6.07, 6.45) is 1.19. The van der Waals surface area contributed by atoms with Gasteiger partial charge < -0.3 is 10.1 Å². The highest BCUT2D eigenvalue weighted by Crippen LogP contribution is 2.21. The van der Waals surface area contributed by atoms with Gasteiger partial charge >= 0.3 is 0 Å². The summed E-state index contributed by atoms with van der Waals surface area (Å²) >= 11 is 0. The number of amides is 1. The Morgan fingerprint density at radius 3 is 2.81 bits per heavy atom. The smallest absolute Gasteiger partial charge is 0.242 e. The molecule has 3 aromatic rings. The van der Waals surface area contributed by atoms with E-state index in [2.05, 4.69) is 10.4 Å². The number of hydrogen-bond acceptors (Lipinski definition) is 4. The van der Waals surface area contributed by atoms with Crippen LogP contribution in [0, 0.1) is 5.82 Å². The lowest BCUT2D eigenvalue weighted by molar-refractivity contribution is -0.122. The van der Waals surface area contributed by atoms with Gasteiger partial charge in [-0.1, -0.05) is 18.2 Å². The molecule has 3 rings (SSSR count). The minimum atomic E-state index is -0.487. The van der Waals surface area contributed by atoms with Crippen molar-refractivity contribution in [1.29, 1.82) is 0 Å². The monoisotopic (exact) mass is 355 g/mol. The van der Waals surface area contributed by atoms with Gasteiger partial charge in [-0.05, 0) is 36.8 Å². The molecule has 0 aliphatic heterocycles. The van der Waals surface area contributed by atoms with Gasteiger partial charge in [0.15, 0.2) is 11.6 Å². The van der Waals surface area contributed by atoms with Gasteiger partial charge in [0.1, 0.15) is 6.54 Å². The number of halogens is 1. The molecule has 7 heteroatoms. The predicted octanol–water partition coefficient (Wildman–Crippen LogP) is 2.42. The van der Waals surface area contributed by atoms with E-state index < -0.39 is 11.9 Å². The summed E-state index contributed by atoms with van der Waals surface area (Å²) in [5, 5.41) is 7.33. The highest BCUT2D eigenvalue weighted by atomic mass is 19.1. The van der Waals surface area contributed by atoms with Crippen molar-refractivity contribution in [3.8, 4) is 5.75 Å². The van der Waals surface area contributed by atoms with Crippen LogP contribution >= 0.6 is 0 Å². The Hall–Kier alpha value is -3.22. The minimum absolute atomic E-state index is 0.0518. The molecule has 26 heavy (non-hydrogen) atoms. The van der Waals surface area contributed by atoms with E-state index in [0.717, 1.165) is 0 Å². The zero-order valence-corrected chi connectivity index (χ0v) is 14.4. The molecule has 0 saturated carbocycles. The molecule has 1 heterocycles. The quantitative estimate of drug-likeness (QED) is 0.763. The van der Waals surface area contributed by atoms with Crippen LogP contribution in [0.3, 0.4) is 0 Å². The summed E-state index contributed by atoms with van der Waals surface area (Å²) in [7, 11) is 1.39. The Kier molecular flexibility index (Phi) is 4.97. The van der Waals surface area contributed by atoms with Crippen molar-refractivity contribution in [1.82, 2.24) is 15.1 Å². The number of para-hydroxylation sites is 1. The molecule has 1 atom stereocenters. The van der Waals surface area contributed by atoms with Crippen LogP contribution in [0.15, 0.2) is 53.5 Å². The fourth-order valence-corrected chi connectivity index (χ4v) is 2.75. The number of hydrogen-bond donors (Lipinski definition) is 1. The van der Waals surface area contributed by atoms with Gasteiger partial charge in [0.25, 0.3) is 0 Å². The van der Waals surface area contributed by atoms with Crippen molar-refractivity contribution in [2.24, 2.45) is 0 Å². The first-order valence-electron chi connectivity index (χ1n) is 8.07. The second-order valence-electron chi connectivity index (χ2n) is 5.87. The Morgan fingerprint density at radius 2 is 2.08 bits per heavy atom. The third-order valence-corrected chi connectivity index (χ3v) is 4.11. The molecule has 2 aromatic carbocycles. The Morgan fingerprint density at radius 1 is 1.31 bits per heavy atom. The van der Waals surface area contributed by atoms with Gasteiger partial charge in [-0.15, -0.1) is 0 Å². The van der Waals surface area contributed by atoms with E-state index in [4.69, 9.17) is 4.74 Å². The number of ether oxygens (including phenoxy) is 1. The van der Waals surface area contributed by atoms with Gasteiger partial charge in [0.05, 0.1) is 24.9 Å². The zero-order valence-electron chi connectivity index (χ0n) is 14.4. The molecule has 0 fully saturated rings. The second-order valence-corrected chi connectivity index (χ2v) is 5.87. The Bertz CT molecular complexity index is 1020. The van der Waals surface area contributed by atoms with Gasteiger partial charge in [-0.3, -0.25) is 14.3 Å². The molecule has 1 aromatic heterocycles. The van der Waals surface area contributed by atoms with Crippen LogP contribution in [0.2, 0.25) is 0 Å². The van der Waals surface area contributed by atoms with Crippen molar-refractivity contribution >= 4 is 16.8 Å². The van der Waals surface area contributed by atoms with E-state index in [0.29, 0.717) is 16.5 Å². The van der Waals surface area contributed by atoms with Crippen LogP contribution in [-0.4, -0.2) is 22.8 Å². The van der Waals surface area contributed by atoms with Crippen LogP contribution in [0.4, 0.5) is 4.39 Å². The van der Waals surface area contributed by atoms with Crippen LogP contribution in [0.25, 0.3) is 10.9 Å². The number of methoxy groups -OCH3 is 1. The summed E-state index contributed by atoms with van der Waals surface area (Å²) in [6.45, 7) is 1.71. The zero-order chi connectivity index (χ0) is 18.7. The maximum absolute atomic E-state index is 13.8. The van der Waals surface area contributed by atoms with Crippen LogP contribution in [0.1, 0.15) is 18.5 Å². The molecule has 0 radical (unpaired) electrons.